The molecule has 0 aromatic heterocycles. The van der Waals surface area contributed by atoms with Crippen LogP contribution in [0.3, 0.4) is 0 Å². The van der Waals surface area contributed by atoms with Crippen LogP contribution in [0.2, 0.25) is 0 Å². The van der Waals surface area contributed by atoms with Crippen LogP contribution in [0.1, 0.15) is 40.5 Å². The monoisotopic (exact) mass is 286 g/mol. The topological polar surface area (TPSA) is 15.6 Å². The van der Waals surface area contributed by atoms with Crippen LogP contribution in [-0.4, -0.2) is 25.2 Å². The largest absolute Gasteiger partial charge is 0.378 e. The fourth-order valence-electron chi connectivity index (χ4n) is 1.77. The molecule has 0 amide bonds. The second-order valence-corrected chi connectivity index (χ2v) is 4.93. The van der Waals surface area contributed by atoms with E-state index in [9.17, 15) is 0 Å². The van der Waals surface area contributed by atoms with Gasteiger partial charge in [-0.2, -0.15) is 0 Å². The average Bonchev–Trinajstić information content (AvgIpc) is 2.69. The third-order valence-electron chi connectivity index (χ3n) is 2.95. The lowest BCUT2D eigenvalue weighted by Crippen LogP contribution is -2.07. The highest BCUT2D eigenvalue weighted by atomic mass is 15.1. The van der Waals surface area contributed by atoms with E-state index in [-0.39, 0.29) is 0 Å². The Morgan fingerprint density at radius 3 is 2.57 bits per heavy atom. The van der Waals surface area contributed by atoms with Gasteiger partial charge in [-0.1, -0.05) is 45.1 Å². The Balaban J connectivity index is 0.00000191. The Bertz CT molecular complexity index is 472. The third-order valence-corrected chi connectivity index (χ3v) is 2.95. The highest BCUT2D eigenvalue weighted by Gasteiger charge is 2.05. The predicted octanol–water partition coefficient (Wildman–Crippen LogP) is 5.29. The minimum absolute atomic E-state index is 0.949. The first-order valence-electron chi connectivity index (χ1n) is 7.67. The first-order chi connectivity index (χ1) is 10.0. The molecule has 0 radical (unpaired) electrons. The molecular formula is C19H30N2. The van der Waals surface area contributed by atoms with Crippen molar-refractivity contribution in [1.82, 2.24) is 4.90 Å². The van der Waals surface area contributed by atoms with Crippen LogP contribution in [0.25, 0.3) is 0 Å². The molecule has 116 valence electrons. The Hall–Kier alpha value is -1.83. The Morgan fingerprint density at radius 1 is 1.33 bits per heavy atom. The molecule has 0 N–H and O–H groups in total. The molecule has 2 heteroatoms. The van der Waals surface area contributed by atoms with E-state index in [4.69, 9.17) is 0 Å². The smallest absolute Gasteiger partial charge is 0.0288 e. The number of allylic oxidation sites excluding steroid dienone is 7. The van der Waals surface area contributed by atoms with Crippen molar-refractivity contribution in [2.45, 2.75) is 40.5 Å². The van der Waals surface area contributed by atoms with Gasteiger partial charge in [0.15, 0.2) is 0 Å². The molecule has 0 aromatic rings. The fraction of sp³-hybridized carbons (Fsp3) is 0.421. The van der Waals surface area contributed by atoms with Gasteiger partial charge in [-0.15, -0.1) is 0 Å². The normalized spacial score (nSPS) is 14.9. The maximum atomic E-state index is 4.23. The molecule has 0 unspecified atom stereocenters. The summed E-state index contributed by atoms with van der Waals surface area (Å²) in [5.41, 5.74) is 4.84. The van der Waals surface area contributed by atoms with Crippen molar-refractivity contribution in [2.75, 3.05) is 14.1 Å². The van der Waals surface area contributed by atoms with Crippen LogP contribution >= 0.6 is 0 Å². The van der Waals surface area contributed by atoms with E-state index >= 15 is 0 Å². The van der Waals surface area contributed by atoms with Crippen LogP contribution in [0.4, 0.5) is 0 Å². The summed E-state index contributed by atoms with van der Waals surface area (Å²) in [4.78, 5) is 6.24. The van der Waals surface area contributed by atoms with E-state index in [1.54, 1.807) is 0 Å². The molecule has 0 aromatic carbocycles. The average molecular weight is 286 g/mol. The predicted molar refractivity (Wildman–Crippen MR) is 96.6 cm³/mol. The zero-order valence-electron chi connectivity index (χ0n) is 14.5. The number of hydrogen-bond donors (Lipinski definition) is 0. The van der Waals surface area contributed by atoms with Crippen LogP contribution in [0.15, 0.2) is 64.5 Å². The first kappa shape index (κ1) is 19.2. The molecule has 0 spiro atoms. The fourth-order valence-corrected chi connectivity index (χ4v) is 1.77. The number of nitrogens with zero attached hydrogens (tertiary/aromatic N) is 2. The van der Waals surface area contributed by atoms with Gasteiger partial charge in [0, 0.05) is 32.2 Å². The molecule has 0 bridgehead atoms. The molecule has 1 rings (SSSR count). The Morgan fingerprint density at radius 2 is 2.00 bits per heavy atom. The number of rotatable bonds is 5. The van der Waals surface area contributed by atoms with Gasteiger partial charge in [-0.25, -0.2) is 0 Å². The van der Waals surface area contributed by atoms with Crippen molar-refractivity contribution in [3.05, 3.63) is 59.5 Å². The van der Waals surface area contributed by atoms with E-state index < -0.39 is 0 Å². The third kappa shape index (κ3) is 7.50. The summed E-state index contributed by atoms with van der Waals surface area (Å²) >= 11 is 0. The van der Waals surface area contributed by atoms with Gasteiger partial charge in [0.1, 0.15) is 0 Å². The number of likely N-dealkylation sites (N-methyl/N-ethyl adjacent to an activating group) is 1. The zero-order chi connectivity index (χ0) is 16.3. The molecule has 21 heavy (non-hydrogen) atoms. The highest BCUT2D eigenvalue weighted by molar-refractivity contribution is 5.75. The molecular weight excluding hydrogens is 256 g/mol. The number of aliphatic imine (C=N–C) groups is 1. The summed E-state index contributed by atoms with van der Waals surface area (Å²) in [7, 11) is 4.00. The van der Waals surface area contributed by atoms with E-state index in [1.165, 1.54) is 16.7 Å². The first-order valence-corrected chi connectivity index (χ1v) is 7.67. The SMILES string of the molecule is C=C(/C=C\C(=C/CC)C1=CC=NC=C(C)C1)N(C)C.CC. The molecule has 0 saturated carbocycles. The second-order valence-electron chi connectivity index (χ2n) is 4.93. The molecule has 1 aliphatic heterocycles. The minimum Gasteiger partial charge on any atom is -0.378 e. The lowest BCUT2D eigenvalue weighted by Gasteiger charge is -2.12. The van der Waals surface area contributed by atoms with Crippen molar-refractivity contribution in [1.29, 1.82) is 0 Å². The summed E-state index contributed by atoms with van der Waals surface area (Å²) in [6, 6.07) is 0. The molecule has 0 aliphatic carbocycles. The van der Waals surface area contributed by atoms with Crippen molar-refractivity contribution in [3.63, 3.8) is 0 Å². The molecule has 0 saturated heterocycles. The van der Waals surface area contributed by atoms with Gasteiger partial charge in [0.05, 0.1) is 0 Å². The molecule has 1 heterocycles. The van der Waals surface area contributed by atoms with E-state index in [1.807, 2.05) is 45.3 Å². The van der Waals surface area contributed by atoms with Crippen molar-refractivity contribution >= 4 is 6.21 Å². The molecule has 2 nitrogen and oxygen atoms in total. The van der Waals surface area contributed by atoms with Gasteiger partial charge >= 0.3 is 0 Å². The summed E-state index contributed by atoms with van der Waals surface area (Å²) < 4.78 is 0. The molecule has 0 fully saturated rings. The molecule has 1 aliphatic rings. The van der Waals surface area contributed by atoms with Crippen LogP contribution < -0.4 is 0 Å². The van der Waals surface area contributed by atoms with Crippen LogP contribution in [0.5, 0.6) is 0 Å². The van der Waals surface area contributed by atoms with E-state index in [0.29, 0.717) is 0 Å². The van der Waals surface area contributed by atoms with Crippen molar-refractivity contribution < 1.29 is 0 Å². The van der Waals surface area contributed by atoms with E-state index in [0.717, 1.165) is 18.5 Å². The van der Waals surface area contributed by atoms with Crippen molar-refractivity contribution in [3.8, 4) is 0 Å². The quantitative estimate of drug-likeness (QED) is 0.627. The summed E-state index contributed by atoms with van der Waals surface area (Å²) in [6.07, 6.45) is 14.3. The maximum absolute atomic E-state index is 4.23. The van der Waals surface area contributed by atoms with Crippen LogP contribution in [-0.2, 0) is 0 Å². The number of hydrogen-bond acceptors (Lipinski definition) is 2. The Kier molecular flexibility index (Phi) is 9.95. The van der Waals surface area contributed by atoms with E-state index in [2.05, 4.69) is 49.7 Å². The highest BCUT2D eigenvalue weighted by Crippen LogP contribution is 2.22. The van der Waals surface area contributed by atoms with Gasteiger partial charge in [-0.05, 0) is 43.1 Å². The standard InChI is InChI=1S/C17H24N2.C2H6/c1-6-7-16(9-8-15(3)19(4)5)17-10-11-18-13-14(2)12-17;1-2/h7-11,13H,3,6,12H2,1-2,4-5H3;1-2H3/b9-8-,16-7+;. The van der Waals surface area contributed by atoms with Gasteiger partial charge in [-0.3, -0.25) is 4.99 Å². The summed E-state index contributed by atoms with van der Waals surface area (Å²) in [5.74, 6) is 0. The molecule has 0 atom stereocenters. The zero-order valence-corrected chi connectivity index (χ0v) is 14.5. The van der Waals surface area contributed by atoms with Crippen molar-refractivity contribution in [2.24, 2.45) is 4.99 Å². The lowest BCUT2D eigenvalue weighted by molar-refractivity contribution is 0.532. The summed E-state index contributed by atoms with van der Waals surface area (Å²) in [6.45, 7) is 12.3. The minimum atomic E-state index is 0.949. The van der Waals surface area contributed by atoms with Gasteiger partial charge < -0.3 is 4.90 Å². The summed E-state index contributed by atoms with van der Waals surface area (Å²) in [5, 5.41) is 0. The second kappa shape index (κ2) is 10.9. The van der Waals surface area contributed by atoms with Gasteiger partial charge in [0.2, 0.25) is 0 Å². The Labute approximate surface area is 131 Å². The van der Waals surface area contributed by atoms with Gasteiger partial charge in [0.25, 0.3) is 0 Å². The maximum Gasteiger partial charge on any atom is 0.0288 e. The van der Waals surface area contributed by atoms with Crippen LogP contribution in [0, 0.1) is 0 Å². The lowest BCUT2D eigenvalue weighted by atomic mass is 9.97.